The van der Waals surface area contributed by atoms with Gasteiger partial charge < -0.3 is 30.6 Å². The van der Waals surface area contributed by atoms with Crippen LogP contribution in [0.5, 0.6) is 0 Å². The van der Waals surface area contributed by atoms with Gasteiger partial charge in [0.15, 0.2) is 11.3 Å². The molecular weight excluding hydrogens is 680 g/mol. The number of nitrogens with one attached hydrogen (secondary N) is 2. The van der Waals surface area contributed by atoms with Crippen LogP contribution in [-0.4, -0.2) is 63.8 Å². The maximum Gasteiger partial charge on any atom is 0.418 e. The van der Waals surface area contributed by atoms with E-state index in [4.69, 9.17) is 14.9 Å². The van der Waals surface area contributed by atoms with Gasteiger partial charge in [-0.15, -0.1) is 0 Å². The number of imide groups is 1. The minimum atomic E-state index is -2.70. The molecular formula is C40H44N4O9. The fraction of sp³-hybridized carbons (Fsp3) is 0.350. The smallest absolute Gasteiger partial charge is 0.418 e. The summed E-state index contributed by atoms with van der Waals surface area (Å²) in [4.78, 5) is 84.7. The Kier molecular flexibility index (Phi) is 12.2. The number of rotatable bonds is 14. The second-order valence-electron chi connectivity index (χ2n) is 13.8. The van der Waals surface area contributed by atoms with Crippen LogP contribution in [0.3, 0.4) is 0 Å². The van der Waals surface area contributed by atoms with Gasteiger partial charge in [-0.3, -0.25) is 19.2 Å². The number of Topliss-reactive ketones (excluding diaryl/α,β-unsaturated/α-hetero) is 1. The summed E-state index contributed by atoms with van der Waals surface area (Å²) < 4.78 is 11.1. The maximum atomic E-state index is 15.2. The minimum absolute atomic E-state index is 0.0777. The predicted molar refractivity (Wildman–Crippen MR) is 197 cm³/mol. The molecule has 13 heteroatoms. The summed E-state index contributed by atoms with van der Waals surface area (Å²) in [6.45, 7) is 5.26. The van der Waals surface area contributed by atoms with E-state index in [1.54, 1.807) is 87.5 Å². The number of anilines is 1. The summed E-state index contributed by atoms with van der Waals surface area (Å²) in [6.07, 6.45) is -0.999. The first-order chi connectivity index (χ1) is 25.3. The number of nitrogens with two attached hydrogens (primary N) is 1. The van der Waals surface area contributed by atoms with Crippen molar-refractivity contribution in [3.8, 4) is 0 Å². The van der Waals surface area contributed by atoms with Crippen molar-refractivity contribution in [2.24, 2.45) is 17.6 Å². The molecule has 4 aromatic rings. The molecule has 0 bridgehead atoms. The van der Waals surface area contributed by atoms with Crippen molar-refractivity contribution in [1.82, 2.24) is 10.2 Å². The Labute approximate surface area is 306 Å². The van der Waals surface area contributed by atoms with E-state index in [9.17, 15) is 24.3 Å². The molecule has 4 atom stereocenters. The van der Waals surface area contributed by atoms with Crippen molar-refractivity contribution >= 4 is 46.3 Å². The Balaban J connectivity index is 1.68. The van der Waals surface area contributed by atoms with E-state index in [0.717, 1.165) is 0 Å². The maximum absolute atomic E-state index is 15.2. The molecule has 2 heterocycles. The Bertz CT molecular complexity index is 2030. The zero-order valence-corrected chi connectivity index (χ0v) is 29.9. The molecule has 5 N–H and O–H groups in total. The quantitative estimate of drug-likeness (QED) is 0.105. The van der Waals surface area contributed by atoms with Gasteiger partial charge >= 0.3 is 17.7 Å². The summed E-state index contributed by atoms with van der Waals surface area (Å²) in [5.74, 6) is -6.65. The van der Waals surface area contributed by atoms with Crippen molar-refractivity contribution in [3.63, 3.8) is 0 Å². The van der Waals surface area contributed by atoms with Crippen LogP contribution in [0.4, 0.5) is 10.5 Å². The lowest BCUT2D eigenvalue weighted by molar-refractivity contribution is -0.156. The molecule has 1 fully saturated rings. The number of carbonyl (C=O) groups excluding carboxylic acids is 4. The Morgan fingerprint density at radius 2 is 1.66 bits per heavy atom. The third-order valence-electron chi connectivity index (χ3n) is 9.40. The van der Waals surface area contributed by atoms with Crippen molar-refractivity contribution in [1.29, 1.82) is 0 Å². The largest absolute Gasteiger partial charge is 0.481 e. The minimum Gasteiger partial charge on any atom is -0.481 e. The average Bonchev–Trinajstić information content (AvgIpc) is 3.68. The molecule has 53 heavy (non-hydrogen) atoms. The summed E-state index contributed by atoms with van der Waals surface area (Å²) in [7, 11) is 0. The molecule has 0 spiro atoms. The van der Waals surface area contributed by atoms with Crippen LogP contribution in [0.1, 0.15) is 49.8 Å². The Morgan fingerprint density at radius 3 is 2.26 bits per heavy atom. The van der Waals surface area contributed by atoms with Crippen molar-refractivity contribution in [3.05, 3.63) is 112 Å². The van der Waals surface area contributed by atoms with E-state index in [-0.39, 0.29) is 24.3 Å². The number of carbonyl (C=O) groups is 5. The highest BCUT2D eigenvalue weighted by atomic mass is 16.6. The number of carboxylic acid groups (broad SMARTS) is 1. The van der Waals surface area contributed by atoms with Crippen LogP contribution < -0.4 is 22.0 Å². The van der Waals surface area contributed by atoms with Crippen molar-refractivity contribution in [2.45, 2.75) is 70.7 Å². The van der Waals surface area contributed by atoms with Crippen molar-refractivity contribution in [2.75, 3.05) is 11.9 Å². The van der Waals surface area contributed by atoms with Gasteiger partial charge in [0.25, 0.3) is 5.91 Å². The lowest BCUT2D eigenvalue weighted by Crippen LogP contribution is -2.71. The topological polar surface area (TPSA) is 198 Å². The van der Waals surface area contributed by atoms with Gasteiger partial charge in [0.05, 0.1) is 18.0 Å². The van der Waals surface area contributed by atoms with Gasteiger partial charge in [-0.25, -0.2) is 14.5 Å². The average molecular weight is 725 g/mol. The molecule has 3 amide bonds. The van der Waals surface area contributed by atoms with Gasteiger partial charge in [-0.2, -0.15) is 0 Å². The molecule has 278 valence electrons. The summed E-state index contributed by atoms with van der Waals surface area (Å²) >= 11 is 0. The van der Waals surface area contributed by atoms with E-state index < -0.39 is 71.2 Å². The number of benzene rings is 3. The fourth-order valence-corrected chi connectivity index (χ4v) is 6.80. The first-order valence-corrected chi connectivity index (χ1v) is 17.5. The van der Waals surface area contributed by atoms with Gasteiger partial charge in [-0.05, 0) is 73.9 Å². The second kappa shape index (κ2) is 16.8. The number of aliphatic carboxylic acids is 1. The number of ether oxygens (including phenoxy) is 1. The molecule has 0 aliphatic carbocycles. The molecule has 1 aliphatic heterocycles. The zero-order valence-electron chi connectivity index (χ0n) is 29.9. The van der Waals surface area contributed by atoms with E-state index in [1.807, 2.05) is 0 Å². The first-order valence-electron chi connectivity index (χ1n) is 17.5. The van der Waals surface area contributed by atoms with Gasteiger partial charge in [0.1, 0.15) is 12.2 Å². The highest BCUT2D eigenvalue weighted by Gasteiger charge is 2.59. The molecule has 3 aromatic carbocycles. The lowest BCUT2D eigenvalue weighted by atomic mass is 9.75. The highest BCUT2D eigenvalue weighted by Crippen LogP contribution is 2.34. The van der Waals surface area contributed by atoms with Gasteiger partial charge in [-0.1, -0.05) is 74.5 Å². The van der Waals surface area contributed by atoms with E-state index in [2.05, 4.69) is 10.6 Å². The number of aryl methyl sites for hydroxylation is 1. The number of hydrogen-bond acceptors (Lipinski definition) is 10. The van der Waals surface area contributed by atoms with Crippen LogP contribution in [0, 0.1) is 18.8 Å². The number of carboxylic acids is 1. The van der Waals surface area contributed by atoms with E-state index in [1.165, 1.54) is 18.2 Å². The van der Waals surface area contributed by atoms with Crippen LogP contribution in [0.2, 0.25) is 0 Å². The SMILES string of the molecule is Cc1cc(=O)oc2cc(NC(=O)C(CC(C)C)(C(=O)C(N)C(Cc3ccccc3)C(=O)O)N(C(=O)OCc3ccccc3)C(=O)C3CCCN3)ccc12. The van der Waals surface area contributed by atoms with E-state index >= 15 is 9.59 Å². The Morgan fingerprint density at radius 1 is 1.00 bits per heavy atom. The normalized spacial score (nSPS) is 16.4. The number of nitrogens with zero attached hydrogens (tertiary/aromatic N) is 1. The first kappa shape index (κ1) is 38.6. The third-order valence-corrected chi connectivity index (χ3v) is 9.40. The molecule has 1 aliphatic rings. The number of hydrogen-bond donors (Lipinski definition) is 4. The van der Waals surface area contributed by atoms with Gasteiger partial charge in [0.2, 0.25) is 5.91 Å². The zero-order chi connectivity index (χ0) is 38.3. The molecule has 0 saturated carbocycles. The molecule has 0 radical (unpaired) electrons. The summed E-state index contributed by atoms with van der Waals surface area (Å²) in [6, 6.07) is 20.2. The van der Waals surface area contributed by atoms with Crippen LogP contribution >= 0.6 is 0 Å². The lowest BCUT2D eigenvalue weighted by Gasteiger charge is -2.43. The fourth-order valence-electron chi connectivity index (χ4n) is 6.80. The number of ketones is 1. The van der Waals surface area contributed by atoms with Crippen LogP contribution in [0.25, 0.3) is 11.0 Å². The predicted octanol–water partition coefficient (Wildman–Crippen LogP) is 4.58. The molecule has 5 rings (SSSR count). The van der Waals surface area contributed by atoms with Crippen LogP contribution in [0.15, 0.2) is 94.1 Å². The van der Waals surface area contributed by atoms with Gasteiger partial charge in [0, 0.05) is 23.2 Å². The van der Waals surface area contributed by atoms with E-state index in [0.29, 0.717) is 46.4 Å². The number of fused-ring (bicyclic) bond motifs is 1. The molecule has 1 aromatic heterocycles. The summed E-state index contributed by atoms with van der Waals surface area (Å²) in [5.41, 5.74) is 5.29. The second-order valence-corrected chi connectivity index (χ2v) is 13.8. The molecule has 1 saturated heterocycles. The van der Waals surface area contributed by atoms with Crippen molar-refractivity contribution < 1.29 is 38.2 Å². The summed E-state index contributed by atoms with van der Waals surface area (Å²) in [5, 5.41) is 16.7. The number of amides is 3. The monoisotopic (exact) mass is 724 g/mol. The standard InChI is InChI=1S/C40H44N4O9/c1-24(2)22-40(35(46)34(41)30(37(48)49)20-26-11-6-4-7-12-26,38(50)43-28-16-17-29-25(3)19-33(45)53-32(29)21-28)44(36(47)31-15-10-18-42-31)39(51)52-23-27-13-8-5-9-14-27/h4-9,11-14,16-17,19,21,24,30-31,34,42H,10,15,18,20,22-23,41H2,1-3H3,(H,43,50)(H,48,49). The molecule has 4 unspecified atom stereocenters. The van der Waals surface area contributed by atoms with Crippen LogP contribution in [-0.2, 0) is 36.9 Å². The third kappa shape index (κ3) is 8.70. The highest BCUT2D eigenvalue weighted by molar-refractivity contribution is 6.22. The molecule has 13 nitrogen and oxygen atoms in total. The Hall–Kier alpha value is -5.66.